The molecule has 0 bridgehead atoms. The summed E-state index contributed by atoms with van der Waals surface area (Å²) in [5.74, 6) is 0. The number of hydrogen-bond acceptors (Lipinski definition) is 4. The van der Waals surface area contributed by atoms with Crippen molar-refractivity contribution in [3.05, 3.63) is 29.7 Å². The van der Waals surface area contributed by atoms with Gasteiger partial charge in [-0.15, -0.1) is 0 Å². The normalized spacial score (nSPS) is 23.5. The largest absolute Gasteiger partial charge is 0.372 e. The van der Waals surface area contributed by atoms with E-state index in [1.54, 1.807) is 0 Å². The number of pyridine rings is 1. The van der Waals surface area contributed by atoms with Crippen molar-refractivity contribution in [2.75, 3.05) is 18.0 Å². The summed E-state index contributed by atoms with van der Waals surface area (Å²) < 4.78 is 7.88. The second-order valence-corrected chi connectivity index (χ2v) is 5.71. The van der Waals surface area contributed by atoms with Crippen molar-refractivity contribution < 1.29 is 4.74 Å². The molecule has 1 fully saturated rings. The molecule has 0 saturated carbocycles. The van der Waals surface area contributed by atoms with Crippen LogP contribution in [0.1, 0.15) is 25.1 Å². The molecule has 0 radical (unpaired) electrons. The Morgan fingerprint density at radius 3 is 2.65 bits per heavy atom. The van der Waals surface area contributed by atoms with Crippen LogP contribution in [0.2, 0.25) is 0 Å². The third-order valence-electron chi connectivity index (χ3n) is 3.76. The Morgan fingerprint density at radius 2 is 2.00 bits per heavy atom. The molecular weight excluding hydrogens is 252 g/mol. The van der Waals surface area contributed by atoms with E-state index in [0.29, 0.717) is 6.54 Å². The van der Waals surface area contributed by atoms with Gasteiger partial charge in [-0.1, -0.05) is 0 Å². The van der Waals surface area contributed by atoms with Gasteiger partial charge in [-0.3, -0.25) is 0 Å². The molecule has 2 aromatic heterocycles. The molecule has 2 aromatic rings. The van der Waals surface area contributed by atoms with Gasteiger partial charge in [0.1, 0.15) is 5.65 Å². The lowest BCUT2D eigenvalue weighted by Gasteiger charge is -2.37. The molecule has 1 aliphatic rings. The molecule has 0 aliphatic carbocycles. The van der Waals surface area contributed by atoms with Crippen LogP contribution in [0.15, 0.2) is 18.5 Å². The Kier molecular flexibility index (Phi) is 3.40. The number of aromatic nitrogens is 2. The van der Waals surface area contributed by atoms with E-state index in [1.807, 2.05) is 6.20 Å². The highest BCUT2D eigenvalue weighted by Crippen LogP contribution is 2.23. The van der Waals surface area contributed by atoms with Crippen molar-refractivity contribution >= 4 is 11.3 Å². The summed E-state index contributed by atoms with van der Waals surface area (Å²) in [6, 6.07) is 2.20. The molecule has 0 aromatic carbocycles. The highest BCUT2D eigenvalue weighted by molar-refractivity contribution is 5.58. The number of hydrogen-bond donors (Lipinski definition) is 1. The second-order valence-electron chi connectivity index (χ2n) is 5.71. The first kappa shape index (κ1) is 13.4. The summed E-state index contributed by atoms with van der Waals surface area (Å²) >= 11 is 0. The quantitative estimate of drug-likeness (QED) is 0.906. The number of aryl methyl sites for hydroxylation is 1. The fourth-order valence-electron chi connectivity index (χ4n) is 2.96. The van der Waals surface area contributed by atoms with Crippen LogP contribution in [0.5, 0.6) is 0 Å². The Morgan fingerprint density at radius 1 is 1.30 bits per heavy atom. The average Bonchev–Trinajstić information content (AvgIpc) is 2.81. The molecule has 3 heterocycles. The molecule has 3 rings (SSSR count). The SMILES string of the molecule is Cc1cc(N2CC(C)OC(C)C2)cn2cc(CN)nc12. The predicted octanol–water partition coefficient (Wildman–Crippen LogP) is 1.72. The summed E-state index contributed by atoms with van der Waals surface area (Å²) in [7, 11) is 0. The fraction of sp³-hybridized carbons (Fsp3) is 0.533. The van der Waals surface area contributed by atoms with E-state index in [-0.39, 0.29) is 12.2 Å². The third-order valence-corrected chi connectivity index (χ3v) is 3.76. The van der Waals surface area contributed by atoms with Crippen LogP contribution >= 0.6 is 0 Å². The van der Waals surface area contributed by atoms with Crippen molar-refractivity contribution in [3.63, 3.8) is 0 Å². The van der Waals surface area contributed by atoms with E-state index in [9.17, 15) is 0 Å². The minimum atomic E-state index is 0.261. The lowest BCUT2D eigenvalue weighted by atomic mass is 10.2. The maximum absolute atomic E-state index is 5.80. The first-order valence-electron chi connectivity index (χ1n) is 7.15. The van der Waals surface area contributed by atoms with E-state index < -0.39 is 0 Å². The van der Waals surface area contributed by atoms with Crippen LogP contribution in [0.4, 0.5) is 5.69 Å². The van der Waals surface area contributed by atoms with Gasteiger partial charge in [-0.05, 0) is 32.4 Å². The van der Waals surface area contributed by atoms with Crippen LogP contribution in [0.25, 0.3) is 5.65 Å². The van der Waals surface area contributed by atoms with Crippen molar-refractivity contribution in [1.82, 2.24) is 9.38 Å². The zero-order valence-corrected chi connectivity index (χ0v) is 12.3. The van der Waals surface area contributed by atoms with Gasteiger partial charge in [0.05, 0.1) is 23.6 Å². The summed E-state index contributed by atoms with van der Waals surface area (Å²) in [6.07, 6.45) is 4.67. The molecule has 1 aliphatic heterocycles. The first-order valence-corrected chi connectivity index (χ1v) is 7.15. The highest BCUT2D eigenvalue weighted by atomic mass is 16.5. The fourth-order valence-corrected chi connectivity index (χ4v) is 2.96. The summed E-state index contributed by atoms with van der Waals surface area (Å²) in [5, 5.41) is 0. The molecule has 5 heteroatoms. The van der Waals surface area contributed by atoms with Gasteiger partial charge < -0.3 is 19.8 Å². The number of fused-ring (bicyclic) bond motifs is 1. The Balaban J connectivity index is 1.99. The van der Waals surface area contributed by atoms with E-state index in [2.05, 4.69) is 47.3 Å². The zero-order valence-electron chi connectivity index (χ0n) is 12.3. The molecule has 0 amide bonds. The molecule has 2 unspecified atom stereocenters. The molecule has 2 atom stereocenters. The van der Waals surface area contributed by atoms with Gasteiger partial charge in [0.15, 0.2) is 0 Å². The van der Waals surface area contributed by atoms with Gasteiger partial charge in [-0.25, -0.2) is 4.98 Å². The van der Waals surface area contributed by atoms with Crippen LogP contribution in [0.3, 0.4) is 0 Å². The second kappa shape index (κ2) is 5.07. The summed E-state index contributed by atoms with van der Waals surface area (Å²) in [6.45, 7) is 8.67. The molecule has 20 heavy (non-hydrogen) atoms. The Labute approximate surface area is 119 Å². The lowest BCUT2D eigenvalue weighted by molar-refractivity contribution is -0.00524. The number of morpholine rings is 1. The molecule has 5 nitrogen and oxygen atoms in total. The van der Waals surface area contributed by atoms with Crippen molar-refractivity contribution in [1.29, 1.82) is 0 Å². The first-order chi connectivity index (χ1) is 9.56. The molecular formula is C15H22N4O. The van der Waals surface area contributed by atoms with Crippen LogP contribution < -0.4 is 10.6 Å². The van der Waals surface area contributed by atoms with Crippen LogP contribution in [-0.4, -0.2) is 34.7 Å². The minimum Gasteiger partial charge on any atom is -0.372 e. The maximum atomic E-state index is 5.80. The van der Waals surface area contributed by atoms with E-state index >= 15 is 0 Å². The van der Waals surface area contributed by atoms with Gasteiger partial charge in [0.2, 0.25) is 0 Å². The predicted molar refractivity (Wildman–Crippen MR) is 80.0 cm³/mol. The molecule has 1 saturated heterocycles. The lowest BCUT2D eigenvalue weighted by Crippen LogP contribution is -2.45. The number of imidazole rings is 1. The van der Waals surface area contributed by atoms with Crippen LogP contribution in [0, 0.1) is 6.92 Å². The smallest absolute Gasteiger partial charge is 0.140 e. The number of nitrogens with zero attached hydrogens (tertiary/aromatic N) is 3. The number of anilines is 1. The van der Waals surface area contributed by atoms with E-state index in [0.717, 1.165) is 24.4 Å². The Bertz CT molecular complexity index is 612. The highest BCUT2D eigenvalue weighted by Gasteiger charge is 2.23. The van der Waals surface area contributed by atoms with Crippen molar-refractivity contribution in [2.24, 2.45) is 5.73 Å². The number of nitrogens with two attached hydrogens (primary N) is 1. The standard InChI is InChI=1S/C15H22N4O/c1-10-4-14(18-6-11(2)20-12(3)7-18)9-19-8-13(5-16)17-15(10)19/h4,8-9,11-12H,5-7,16H2,1-3H3. The van der Waals surface area contributed by atoms with E-state index in [4.69, 9.17) is 10.5 Å². The zero-order chi connectivity index (χ0) is 14.3. The van der Waals surface area contributed by atoms with Crippen molar-refractivity contribution in [2.45, 2.75) is 39.5 Å². The summed E-state index contributed by atoms with van der Waals surface area (Å²) in [4.78, 5) is 6.92. The van der Waals surface area contributed by atoms with Crippen LogP contribution in [-0.2, 0) is 11.3 Å². The summed E-state index contributed by atoms with van der Waals surface area (Å²) in [5.41, 5.74) is 9.99. The van der Waals surface area contributed by atoms with Gasteiger partial charge >= 0.3 is 0 Å². The minimum absolute atomic E-state index is 0.261. The van der Waals surface area contributed by atoms with Gasteiger partial charge in [-0.2, -0.15) is 0 Å². The number of ether oxygens (including phenoxy) is 1. The van der Waals surface area contributed by atoms with E-state index in [1.165, 1.54) is 11.3 Å². The third kappa shape index (κ3) is 2.39. The molecule has 0 spiro atoms. The average molecular weight is 274 g/mol. The van der Waals surface area contributed by atoms with Gasteiger partial charge in [0, 0.05) is 32.0 Å². The van der Waals surface area contributed by atoms with Gasteiger partial charge in [0.25, 0.3) is 0 Å². The maximum Gasteiger partial charge on any atom is 0.140 e. The Hall–Kier alpha value is -1.59. The monoisotopic (exact) mass is 274 g/mol. The molecule has 108 valence electrons. The number of rotatable bonds is 2. The topological polar surface area (TPSA) is 55.8 Å². The van der Waals surface area contributed by atoms with Crippen molar-refractivity contribution in [3.8, 4) is 0 Å². The molecule has 2 N–H and O–H groups in total.